The van der Waals surface area contributed by atoms with Crippen LogP contribution in [-0.2, 0) is 6.54 Å². The predicted octanol–water partition coefficient (Wildman–Crippen LogP) is 3.26. The molecule has 0 fully saturated rings. The highest BCUT2D eigenvalue weighted by Gasteiger charge is 2.13. The number of aromatic nitrogens is 3. The average molecular weight is 266 g/mol. The van der Waals surface area contributed by atoms with Gasteiger partial charge in [-0.3, -0.25) is 0 Å². The highest BCUT2D eigenvalue weighted by Crippen LogP contribution is 2.31. The van der Waals surface area contributed by atoms with Gasteiger partial charge in [0.2, 0.25) is 0 Å². The van der Waals surface area contributed by atoms with E-state index >= 15 is 0 Å². The zero-order valence-electron chi connectivity index (χ0n) is 10.7. The monoisotopic (exact) mass is 265 g/mol. The molecule has 96 valence electrons. The normalized spacial score (nSPS) is 10.9. The minimum absolute atomic E-state index is 0.526. The smallest absolute Gasteiger partial charge is 0.167 e. The maximum absolute atomic E-state index is 5.96. The molecular formula is C13H16ClN3O. The van der Waals surface area contributed by atoms with E-state index in [1.807, 2.05) is 16.7 Å². The van der Waals surface area contributed by atoms with Gasteiger partial charge in [0, 0.05) is 11.6 Å². The van der Waals surface area contributed by atoms with Gasteiger partial charge in [-0.15, -0.1) is 10.2 Å². The number of rotatable bonds is 4. The first-order chi connectivity index (χ1) is 8.61. The van der Waals surface area contributed by atoms with Crippen molar-refractivity contribution in [2.45, 2.75) is 20.4 Å². The van der Waals surface area contributed by atoms with Gasteiger partial charge in [0.05, 0.1) is 12.7 Å². The van der Waals surface area contributed by atoms with Crippen LogP contribution in [0.2, 0.25) is 5.02 Å². The fraction of sp³-hybridized carbons (Fsp3) is 0.385. The molecule has 0 saturated heterocycles. The van der Waals surface area contributed by atoms with Crippen molar-refractivity contribution >= 4 is 11.6 Å². The molecule has 2 rings (SSSR count). The summed E-state index contributed by atoms with van der Waals surface area (Å²) in [5, 5.41) is 8.79. The molecule has 0 spiro atoms. The first-order valence-corrected chi connectivity index (χ1v) is 6.21. The van der Waals surface area contributed by atoms with Crippen molar-refractivity contribution in [1.82, 2.24) is 14.8 Å². The molecule has 0 atom stereocenters. The van der Waals surface area contributed by atoms with Gasteiger partial charge in [-0.2, -0.15) is 0 Å². The van der Waals surface area contributed by atoms with E-state index in [0.717, 1.165) is 17.9 Å². The van der Waals surface area contributed by atoms with Gasteiger partial charge < -0.3 is 9.30 Å². The van der Waals surface area contributed by atoms with E-state index in [-0.39, 0.29) is 0 Å². The molecule has 0 unspecified atom stereocenters. The largest absolute Gasteiger partial charge is 0.496 e. The number of nitrogens with zero attached hydrogens (tertiary/aromatic N) is 3. The fourth-order valence-corrected chi connectivity index (χ4v) is 2.00. The first kappa shape index (κ1) is 12.9. The van der Waals surface area contributed by atoms with E-state index in [0.29, 0.717) is 16.7 Å². The molecule has 5 heteroatoms. The molecule has 18 heavy (non-hydrogen) atoms. The third kappa shape index (κ3) is 2.64. The summed E-state index contributed by atoms with van der Waals surface area (Å²) in [5.41, 5.74) is 0.903. The summed E-state index contributed by atoms with van der Waals surface area (Å²) in [6.45, 7) is 5.18. The SMILES string of the molecule is COc1cc(Cl)ccc1-c1nncn1CC(C)C. The summed E-state index contributed by atoms with van der Waals surface area (Å²) >= 11 is 5.96. The molecule has 0 N–H and O–H groups in total. The number of methoxy groups -OCH3 is 1. The Kier molecular flexibility index (Phi) is 3.87. The van der Waals surface area contributed by atoms with Crippen LogP contribution in [0.5, 0.6) is 5.75 Å². The molecule has 1 heterocycles. The predicted molar refractivity (Wildman–Crippen MR) is 71.9 cm³/mol. The number of ether oxygens (including phenoxy) is 1. The third-order valence-electron chi connectivity index (χ3n) is 2.58. The van der Waals surface area contributed by atoms with Crippen molar-refractivity contribution in [3.8, 4) is 17.1 Å². The van der Waals surface area contributed by atoms with Crippen LogP contribution in [0.15, 0.2) is 24.5 Å². The van der Waals surface area contributed by atoms with Crippen LogP contribution in [-0.4, -0.2) is 21.9 Å². The van der Waals surface area contributed by atoms with Crippen LogP contribution in [0.4, 0.5) is 0 Å². The topological polar surface area (TPSA) is 39.9 Å². The van der Waals surface area contributed by atoms with Gasteiger partial charge >= 0.3 is 0 Å². The van der Waals surface area contributed by atoms with Gasteiger partial charge in [0.15, 0.2) is 5.82 Å². The van der Waals surface area contributed by atoms with Gasteiger partial charge in [0.1, 0.15) is 12.1 Å². The second kappa shape index (κ2) is 5.40. The van der Waals surface area contributed by atoms with Crippen LogP contribution < -0.4 is 4.74 Å². The summed E-state index contributed by atoms with van der Waals surface area (Å²) in [6, 6.07) is 5.51. The van der Waals surface area contributed by atoms with E-state index < -0.39 is 0 Å². The Labute approximate surface area is 112 Å². The van der Waals surface area contributed by atoms with Crippen molar-refractivity contribution < 1.29 is 4.74 Å². The highest BCUT2D eigenvalue weighted by atomic mass is 35.5. The van der Waals surface area contributed by atoms with E-state index in [1.165, 1.54) is 0 Å². The standard InChI is InChI=1S/C13H16ClN3O/c1-9(2)7-17-8-15-16-13(17)11-5-4-10(14)6-12(11)18-3/h4-6,8-9H,7H2,1-3H3. The Balaban J connectivity index is 2.45. The summed E-state index contributed by atoms with van der Waals surface area (Å²) in [4.78, 5) is 0. The van der Waals surface area contributed by atoms with Crippen LogP contribution in [0.25, 0.3) is 11.4 Å². The van der Waals surface area contributed by atoms with Gasteiger partial charge in [-0.05, 0) is 24.1 Å². The molecule has 0 bridgehead atoms. The second-order valence-electron chi connectivity index (χ2n) is 4.55. The number of hydrogen-bond donors (Lipinski definition) is 0. The Hall–Kier alpha value is -1.55. The molecule has 0 radical (unpaired) electrons. The van der Waals surface area contributed by atoms with E-state index in [1.54, 1.807) is 19.5 Å². The molecule has 1 aromatic heterocycles. The lowest BCUT2D eigenvalue weighted by Crippen LogP contribution is -2.05. The fourth-order valence-electron chi connectivity index (χ4n) is 1.84. The first-order valence-electron chi connectivity index (χ1n) is 5.83. The summed E-state index contributed by atoms with van der Waals surface area (Å²) in [7, 11) is 1.62. The lowest BCUT2D eigenvalue weighted by Gasteiger charge is -2.11. The van der Waals surface area contributed by atoms with Gasteiger partial charge in [-0.1, -0.05) is 25.4 Å². The quantitative estimate of drug-likeness (QED) is 0.852. The molecule has 0 aliphatic rings. The number of halogens is 1. The van der Waals surface area contributed by atoms with Crippen LogP contribution >= 0.6 is 11.6 Å². The average Bonchev–Trinajstić information content (AvgIpc) is 2.76. The number of hydrogen-bond acceptors (Lipinski definition) is 3. The van der Waals surface area contributed by atoms with Gasteiger partial charge in [-0.25, -0.2) is 0 Å². The van der Waals surface area contributed by atoms with Crippen molar-refractivity contribution in [2.24, 2.45) is 5.92 Å². The number of benzene rings is 1. The van der Waals surface area contributed by atoms with Gasteiger partial charge in [0.25, 0.3) is 0 Å². The Morgan fingerprint density at radius 2 is 2.17 bits per heavy atom. The molecule has 0 amide bonds. The van der Waals surface area contributed by atoms with Crippen molar-refractivity contribution in [2.75, 3.05) is 7.11 Å². The van der Waals surface area contributed by atoms with E-state index in [2.05, 4.69) is 24.0 Å². The maximum Gasteiger partial charge on any atom is 0.167 e. The highest BCUT2D eigenvalue weighted by molar-refractivity contribution is 6.30. The van der Waals surface area contributed by atoms with E-state index in [9.17, 15) is 0 Å². The Morgan fingerprint density at radius 1 is 1.39 bits per heavy atom. The molecule has 4 nitrogen and oxygen atoms in total. The third-order valence-corrected chi connectivity index (χ3v) is 2.82. The van der Waals surface area contributed by atoms with Crippen molar-refractivity contribution in [3.05, 3.63) is 29.5 Å². The molecule has 0 saturated carbocycles. The summed E-state index contributed by atoms with van der Waals surface area (Å²) < 4.78 is 7.37. The molecule has 2 aromatic rings. The Morgan fingerprint density at radius 3 is 2.83 bits per heavy atom. The zero-order chi connectivity index (χ0) is 13.1. The van der Waals surface area contributed by atoms with Crippen LogP contribution in [0.1, 0.15) is 13.8 Å². The molecular weight excluding hydrogens is 250 g/mol. The van der Waals surface area contributed by atoms with Crippen LogP contribution in [0, 0.1) is 5.92 Å². The van der Waals surface area contributed by atoms with Crippen LogP contribution in [0.3, 0.4) is 0 Å². The Bertz CT molecular complexity index is 537. The lowest BCUT2D eigenvalue weighted by atomic mass is 10.1. The van der Waals surface area contributed by atoms with Crippen molar-refractivity contribution in [3.63, 3.8) is 0 Å². The minimum atomic E-state index is 0.526. The van der Waals surface area contributed by atoms with E-state index in [4.69, 9.17) is 16.3 Å². The maximum atomic E-state index is 5.96. The second-order valence-corrected chi connectivity index (χ2v) is 4.98. The lowest BCUT2D eigenvalue weighted by molar-refractivity contribution is 0.415. The zero-order valence-corrected chi connectivity index (χ0v) is 11.5. The summed E-state index contributed by atoms with van der Waals surface area (Å²) in [5.74, 6) is 2.04. The minimum Gasteiger partial charge on any atom is -0.496 e. The van der Waals surface area contributed by atoms with Crippen molar-refractivity contribution in [1.29, 1.82) is 0 Å². The molecule has 1 aromatic carbocycles. The molecule has 0 aliphatic carbocycles. The summed E-state index contributed by atoms with van der Waals surface area (Å²) in [6.07, 6.45) is 1.74. The molecule has 0 aliphatic heterocycles.